The fourth-order valence-corrected chi connectivity index (χ4v) is 4.44. The van der Waals surface area contributed by atoms with Crippen LogP contribution in [0.25, 0.3) is 5.69 Å². The van der Waals surface area contributed by atoms with Gasteiger partial charge in [-0.1, -0.05) is 30.0 Å². The fraction of sp³-hybridized carbons (Fsp3) is 0.368. The van der Waals surface area contributed by atoms with Crippen LogP contribution in [0.1, 0.15) is 10.7 Å². The first-order valence-electron chi connectivity index (χ1n) is 9.34. The standard InChI is InChI=1S/C19H22N6O2S2/c1-14-11-20-18(29-14)21-17(26)13-28-19-23-22-16(12-24-7-9-27-10-8-24)25(19)15-5-3-2-4-6-15/h2-6,11H,7-10,12-13H2,1H3,(H,20,21,26). The van der Waals surface area contributed by atoms with Crippen molar-refractivity contribution < 1.29 is 9.53 Å². The molecular formula is C19H22N6O2S2. The lowest BCUT2D eigenvalue weighted by Gasteiger charge is -2.26. The van der Waals surface area contributed by atoms with E-state index in [1.807, 2.05) is 41.8 Å². The minimum absolute atomic E-state index is 0.110. The molecule has 8 nitrogen and oxygen atoms in total. The van der Waals surface area contributed by atoms with Gasteiger partial charge in [0.05, 0.1) is 25.5 Å². The number of hydrogen-bond acceptors (Lipinski definition) is 8. The van der Waals surface area contributed by atoms with Crippen molar-refractivity contribution in [2.75, 3.05) is 37.4 Å². The third-order valence-electron chi connectivity index (χ3n) is 4.38. The number of anilines is 1. The lowest BCUT2D eigenvalue weighted by Crippen LogP contribution is -2.36. The van der Waals surface area contributed by atoms with E-state index >= 15 is 0 Å². The van der Waals surface area contributed by atoms with Gasteiger partial charge in [-0.2, -0.15) is 0 Å². The number of carbonyl (C=O) groups is 1. The molecule has 1 amide bonds. The molecule has 1 fully saturated rings. The van der Waals surface area contributed by atoms with Crippen LogP contribution in [-0.4, -0.2) is 62.6 Å². The predicted molar refractivity (Wildman–Crippen MR) is 114 cm³/mol. The smallest absolute Gasteiger partial charge is 0.236 e. The van der Waals surface area contributed by atoms with Crippen LogP contribution >= 0.6 is 23.1 Å². The number of nitrogens with zero attached hydrogens (tertiary/aromatic N) is 5. The SMILES string of the molecule is Cc1cnc(NC(=O)CSc2nnc(CN3CCOCC3)n2-c2ccccc2)s1. The van der Waals surface area contributed by atoms with E-state index in [-0.39, 0.29) is 11.7 Å². The Labute approximate surface area is 177 Å². The van der Waals surface area contributed by atoms with Crippen LogP contribution in [0.2, 0.25) is 0 Å². The van der Waals surface area contributed by atoms with Crippen molar-refractivity contribution in [1.82, 2.24) is 24.6 Å². The summed E-state index contributed by atoms with van der Waals surface area (Å²) >= 11 is 2.83. The summed E-state index contributed by atoms with van der Waals surface area (Å²) in [5.74, 6) is 0.986. The second-order valence-corrected chi connectivity index (χ2v) is 8.75. The number of amides is 1. The van der Waals surface area contributed by atoms with Gasteiger partial charge in [-0.3, -0.25) is 14.3 Å². The highest BCUT2D eigenvalue weighted by Gasteiger charge is 2.19. The first kappa shape index (κ1) is 20.0. The number of benzene rings is 1. The van der Waals surface area contributed by atoms with Gasteiger partial charge in [0.15, 0.2) is 16.1 Å². The Balaban J connectivity index is 1.49. The summed E-state index contributed by atoms with van der Waals surface area (Å²) in [5.41, 5.74) is 0.985. The zero-order chi connectivity index (χ0) is 20.1. The number of thioether (sulfide) groups is 1. The van der Waals surface area contributed by atoms with Crippen molar-refractivity contribution in [3.8, 4) is 5.69 Å². The lowest BCUT2D eigenvalue weighted by atomic mass is 10.3. The van der Waals surface area contributed by atoms with Crippen molar-refractivity contribution in [3.63, 3.8) is 0 Å². The van der Waals surface area contributed by atoms with E-state index in [0.717, 1.165) is 42.7 Å². The molecule has 1 N–H and O–H groups in total. The van der Waals surface area contributed by atoms with E-state index < -0.39 is 0 Å². The minimum atomic E-state index is -0.110. The Morgan fingerprint density at radius 2 is 2.03 bits per heavy atom. The summed E-state index contributed by atoms with van der Waals surface area (Å²) in [6, 6.07) is 9.99. The Morgan fingerprint density at radius 1 is 1.24 bits per heavy atom. The topological polar surface area (TPSA) is 85.2 Å². The van der Waals surface area contributed by atoms with E-state index in [0.29, 0.717) is 16.8 Å². The quantitative estimate of drug-likeness (QED) is 0.577. The van der Waals surface area contributed by atoms with Crippen LogP contribution in [0.4, 0.5) is 5.13 Å². The van der Waals surface area contributed by atoms with Crippen LogP contribution < -0.4 is 5.32 Å². The molecule has 0 spiro atoms. The van der Waals surface area contributed by atoms with E-state index in [1.165, 1.54) is 23.1 Å². The highest BCUT2D eigenvalue weighted by atomic mass is 32.2. The van der Waals surface area contributed by atoms with E-state index in [9.17, 15) is 4.79 Å². The lowest BCUT2D eigenvalue weighted by molar-refractivity contribution is -0.113. The van der Waals surface area contributed by atoms with Crippen molar-refractivity contribution in [3.05, 3.63) is 47.2 Å². The largest absolute Gasteiger partial charge is 0.379 e. The molecule has 1 aliphatic heterocycles. The molecule has 3 aromatic rings. The van der Waals surface area contributed by atoms with E-state index in [4.69, 9.17) is 4.74 Å². The molecule has 0 unspecified atom stereocenters. The molecule has 2 aromatic heterocycles. The van der Waals surface area contributed by atoms with Crippen LogP contribution in [-0.2, 0) is 16.1 Å². The van der Waals surface area contributed by atoms with Gasteiger partial charge in [0, 0.05) is 29.9 Å². The van der Waals surface area contributed by atoms with E-state index in [1.54, 1.807) is 6.20 Å². The number of ether oxygens (including phenoxy) is 1. The maximum Gasteiger partial charge on any atom is 0.236 e. The molecule has 1 aliphatic rings. The van der Waals surface area contributed by atoms with Gasteiger partial charge in [0.1, 0.15) is 0 Å². The third-order valence-corrected chi connectivity index (χ3v) is 6.14. The zero-order valence-electron chi connectivity index (χ0n) is 16.1. The molecule has 152 valence electrons. The van der Waals surface area contributed by atoms with Gasteiger partial charge in [-0.05, 0) is 19.1 Å². The van der Waals surface area contributed by atoms with Gasteiger partial charge in [-0.25, -0.2) is 4.98 Å². The second-order valence-electron chi connectivity index (χ2n) is 6.57. The Hall–Kier alpha value is -2.27. The minimum Gasteiger partial charge on any atom is -0.379 e. The molecule has 4 rings (SSSR count). The van der Waals surface area contributed by atoms with Gasteiger partial charge in [0.25, 0.3) is 0 Å². The number of morpholine rings is 1. The van der Waals surface area contributed by atoms with Crippen LogP contribution in [0.3, 0.4) is 0 Å². The molecule has 10 heteroatoms. The Morgan fingerprint density at radius 3 is 2.76 bits per heavy atom. The molecule has 1 saturated heterocycles. The van der Waals surface area contributed by atoms with Crippen LogP contribution in [0, 0.1) is 6.92 Å². The summed E-state index contributed by atoms with van der Waals surface area (Å²) in [6.07, 6.45) is 1.75. The summed E-state index contributed by atoms with van der Waals surface area (Å²) < 4.78 is 7.46. The molecule has 0 bridgehead atoms. The number of hydrogen-bond donors (Lipinski definition) is 1. The summed E-state index contributed by atoms with van der Waals surface area (Å²) in [6.45, 7) is 5.87. The molecular weight excluding hydrogens is 408 g/mol. The van der Waals surface area contributed by atoms with Crippen LogP contribution in [0.15, 0.2) is 41.7 Å². The highest BCUT2D eigenvalue weighted by Crippen LogP contribution is 2.24. The first-order chi connectivity index (χ1) is 14.2. The molecule has 0 aliphatic carbocycles. The molecule has 29 heavy (non-hydrogen) atoms. The monoisotopic (exact) mass is 430 g/mol. The van der Waals surface area contributed by atoms with Gasteiger partial charge < -0.3 is 10.1 Å². The average Bonchev–Trinajstić information content (AvgIpc) is 3.33. The number of carbonyl (C=O) groups excluding carboxylic acids is 1. The molecule has 0 radical (unpaired) electrons. The second kappa shape index (κ2) is 9.49. The highest BCUT2D eigenvalue weighted by molar-refractivity contribution is 7.99. The molecule has 1 aromatic carbocycles. The number of para-hydroxylation sites is 1. The zero-order valence-corrected chi connectivity index (χ0v) is 17.7. The maximum atomic E-state index is 12.3. The maximum absolute atomic E-state index is 12.3. The Bertz CT molecular complexity index is 953. The van der Waals surface area contributed by atoms with Gasteiger partial charge >= 0.3 is 0 Å². The number of thiazole rings is 1. The van der Waals surface area contributed by atoms with Crippen LogP contribution in [0.5, 0.6) is 0 Å². The Kier molecular flexibility index (Phi) is 6.55. The fourth-order valence-electron chi connectivity index (χ4n) is 2.99. The normalized spacial score (nSPS) is 14.8. The predicted octanol–water partition coefficient (Wildman–Crippen LogP) is 2.60. The molecule has 0 atom stereocenters. The van der Waals surface area contributed by atoms with Gasteiger partial charge in [-0.15, -0.1) is 21.5 Å². The number of nitrogens with one attached hydrogen (secondary N) is 1. The van der Waals surface area contributed by atoms with Crippen molar-refractivity contribution in [2.24, 2.45) is 0 Å². The molecule has 3 heterocycles. The van der Waals surface area contributed by atoms with E-state index in [2.05, 4.69) is 25.4 Å². The number of aromatic nitrogens is 4. The number of rotatable bonds is 7. The van der Waals surface area contributed by atoms with Crippen molar-refractivity contribution in [1.29, 1.82) is 0 Å². The van der Waals surface area contributed by atoms with Gasteiger partial charge in [0.2, 0.25) is 5.91 Å². The summed E-state index contributed by atoms with van der Waals surface area (Å²) in [5, 5.41) is 12.9. The number of aryl methyl sites for hydroxylation is 1. The summed E-state index contributed by atoms with van der Waals surface area (Å²) in [4.78, 5) is 19.9. The third kappa shape index (κ3) is 5.21. The van der Waals surface area contributed by atoms with Crippen molar-refractivity contribution in [2.45, 2.75) is 18.6 Å². The first-order valence-corrected chi connectivity index (χ1v) is 11.1. The summed E-state index contributed by atoms with van der Waals surface area (Å²) in [7, 11) is 0. The molecule has 0 saturated carbocycles. The van der Waals surface area contributed by atoms with Crippen molar-refractivity contribution >= 4 is 34.1 Å². The average molecular weight is 431 g/mol.